The van der Waals surface area contributed by atoms with Gasteiger partial charge in [0.05, 0.1) is 5.69 Å². The van der Waals surface area contributed by atoms with Crippen LogP contribution in [0.2, 0.25) is 0 Å². The van der Waals surface area contributed by atoms with Crippen LogP contribution in [-0.4, -0.2) is 49.2 Å². The lowest BCUT2D eigenvalue weighted by Crippen LogP contribution is -2.44. The minimum Gasteiger partial charge on any atom is -0.338 e. The van der Waals surface area contributed by atoms with Crippen LogP contribution in [0.4, 0.5) is 5.95 Å². The topological polar surface area (TPSA) is 53.1 Å². The minimum absolute atomic E-state index is 0.909. The summed E-state index contributed by atoms with van der Waals surface area (Å²) in [5.74, 6) is 0.909. The standard InChI is InChI=1S/C12H19N5/c1-3-13-4-2-11-10(1)9-15-12(16-11)17-7-5-14-6-8-17/h9,13-14H,1-8H2. The Morgan fingerprint density at radius 1 is 1.00 bits per heavy atom. The summed E-state index contributed by atoms with van der Waals surface area (Å²) in [5.41, 5.74) is 2.55. The van der Waals surface area contributed by atoms with Crippen molar-refractivity contribution in [2.45, 2.75) is 12.8 Å². The van der Waals surface area contributed by atoms with E-state index in [1.807, 2.05) is 6.20 Å². The van der Waals surface area contributed by atoms with Crippen molar-refractivity contribution in [2.24, 2.45) is 0 Å². The molecule has 0 saturated carbocycles. The summed E-state index contributed by atoms with van der Waals surface area (Å²) in [6.45, 7) is 6.16. The molecule has 1 saturated heterocycles. The fourth-order valence-electron chi connectivity index (χ4n) is 2.43. The number of rotatable bonds is 1. The number of hydrogen-bond acceptors (Lipinski definition) is 5. The molecule has 1 aromatic rings. The Balaban J connectivity index is 1.83. The van der Waals surface area contributed by atoms with E-state index in [0.717, 1.165) is 58.1 Å². The fourth-order valence-corrected chi connectivity index (χ4v) is 2.43. The molecule has 2 aliphatic heterocycles. The molecule has 0 aromatic carbocycles. The van der Waals surface area contributed by atoms with Gasteiger partial charge in [-0.3, -0.25) is 0 Å². The van der Waals surface area contributed by atoms with Crippen LogP contribution in [0, 0.1) is 0 Å². The minimum atomic E-state index is 0.909. The van der Waals surface area contributed by atoms with E-state index in [-0.39, 0.29) is 0 Å². The Kier molecular flexibility index (Phi) is 3.20. The molecule has 0 atom stereocenters. The molecule has 5 nitrogen and oxygen atoms in total. The van der Waals surface area contributed by atoms with E-state index in [9.17, 15) is 0 Å². The summed E-state index contributed by atoms with van der Waals surface area (Å²) in [6, 6.07) is 0. The Morgan fingerprint density at radius 3 is 2.65 bits per heavy atom. The molecule has 3 heterocycles. The van der Waals surface area contributed by atoms with Gasteiger partial charge in [0, 0.05) is 45.3 Å². The van der Waals surface area contributed by atoms with Crippen LogP contribution in [0.5, 0.6) is 0 Å². The second-order valence-corrected chi connectivity index (χ2v) is 4.63. The van der Waals surface area contributed by atoms with Crippen LogP contribution in [0.3, 0.4) is 0 Å². The number of nitrogens with one attached hydrogen (secondary N) is 2. The fraction of sp³-hybridized carbons (Fsp3) is 0.667. The third-order valence-electron chi connectivity index (χ3n) is 3.45. The number of hydrogen-bond donors (Lipinski definition) is 2. The highest BCUT2D eigenvalue weighted by Gasteiger charge is 2.16. The second-order valence-electron chi connectivity index (χ2n) is 4.63. The van der Waals surface area contributed by atoms with E-state index < -0.39 is 0 Å². The molecule has 1 fully saturated rings. The molecule has 2 N–H and O–H groups in total. The van der Waals surface area contributed by atoms with Gasteiger partial charge in [0.1, 0.15) is 0 Å². The molecular weight excluding hydrogens is 214 g/mol. The Morgan fingerprint density at radius 2 is 1.76 bits per heavy atom. The highest BCUT2D eigenvalue weighted by molar-refractivity contribution is 5.34. The predicted molar refractivity (Wildman–Crippen MR) is 67.4 cm³/mol. The summed E-state index contributed by atoms with van der Waals surface area (Å²) in [5, 5.41) is 6.75. The molecule has 0 unspecified atom stereocenters. The Hall–Kier alpha value is -1.20. The van der Waals surface area contributed by atoms with Gasteiger partial charge < -0.3 is 15.5 Å². The first-order valence-electron chi connectivity index (χ1n) is 6.45. The van der Waals surface area contributed by atoms with Crippen LogP contribution >= 0.6 is 0 Å². The van der Waals surface area contributed by atoms with Gasteiger partial charge in [-0.2, -0.15) is 0 Å². The lowest BCUT2D eigenvalue weighted by molar-refractivity contribution is 0.578. The molecule has 0 aliphatic carbocycles. The molecule has 2 aliphatic rings. The van der Waals surface area contributed by atoms with Crippen molar-refractivity contribution >= 4 is 5.95 Å². The van der Waals surface area contributed by atoms with Gasteiger partial charge in [-0.25, -0.2) is 9.97 Å². The van der Waals surface area contributed by atoms with Crippen LogP contribution in [0.25, 0.3) is 0 Å². The quantitative estimate of drug-likeness (QED) is 0.690. The molecular formula is C12H19N5. The van der Waals surface area contributed by atoms with Gasteiger partial charge in [-0.05, 0) is 18.5 Å². The maximum Gasteiger partial charge on any atom is 0.225 e. The zero-order valence-electron chi connectivity index (χ0n) is 10.1. The summed E-state index contributed by atoms with van der Waals surface area (Å²) in [4.78, 5) is 11.5. The number of anilines is 1. The maximum atomic E-state index is 4.74. The zero-order valence-corrected chi connectivity index (χ0v) is 10.1. The SMILES string of the molecule is c1nc(N2CCNCC2)nc2c1CCNCC2. The molecule has 0 bridgehead atoms. The van der Waals surface area contributed by atoms with Gasteiger partial charge in [0.2, 0.25) is 5.95 Å². The van der Waals surface area contributed by atoms with Crippen LogP contribution in [0.1, 0.15) is 11.3 Å². The molecule has 1 aromatic heterocycles. The van der Waals surface area contributed by atoms with Crippen molar-refractivity contribution in [3.63, 3.8) is 0 Å². The van der Waals surface area contributed by atoms with Crippen molar-refractivity contribution in [3.8, 4) is 0 Å². The van der Waals surface area contributed by atoms with Crippen molar-refractivity contribution in [2.75, 3.05) is 44.2 Å². The smallest absolute Gasteiger partial charge is 0.225 e. The average Bonchev–Trinajstić information content (AvgIpc) is 2.64. The van der Waals surface area contributed by atoms with Gasteiger partial charge in [-0.1, -0.05) is 0 Å². The Labute approximate surface area is 102 Å². The van der Waals surface area contributed by atoms with E-state index in [1.165, 1.54) is 11.3 Å². The lowest BCUT2D eigenvalue weighted by atomic mass is 10.1. The average molecular weight is 233 g/mol. The zero-order chi connectivity index (χ0) is 11.5. The van der Waals surface area contributed by atoms with Gasteiger partial charge in [-0.15, -0.1) is 0 Å². The van der Waals surface area contributed by atoms with Gasteiger partial charge in [0.15, 0.2) is 0 Å². The monoisotopic (exact) mass is 233 g/mol. The lowest BCUT2D eigenvalue weighted by Gasteiger charge is -2.27. The van der Waals surface area contributed by atoms with Crippen molar-refractivity contribution in [1.29, 1.82) is 0 Å². The highest BCUT2D eigenvalue weighted by atomic mass is 15.3. The number of fused-ring (bicyclic) bond motifs is 1. The molecule has 17 heavy (non-hydrogen) atoms. The maximum absolute atomic E-state index is 4.74. The largest absolute Gasteiger partial charge is 0.338 e. The van der Waals surface area contributed by atoms with Crippen LogP contribution in [0.15, 0.2) is 6.20 Å². The third-order valence-corrected chi connectivity index (χ3v) is 3.45. The summed E-state index contributed by atoms with van der Waals surface area (Å²) in [6.07, 6.45) is 4.10. The van der Waals surface area contributed by atoms with Gasteiger partial charge >= 0.3 is 0 Å². The highest BCUT2D eigenvalue weighted by Crippen LogP contribution is 2.14. The van der Waals surface area contributed by atoms with E-state index in [4.69, 9.17) is 4.98 Å². The molecule has 3 rings (SSSR count). The third kappa shape index (κ3) is 2.40. The van der Waals surface area contributed by atoms with E-state index in [1.54, 1.807) is 0 Å². The second kappa shape index (κ2) is 4.98. The molecule has 0 spiro atoms. The van der Waals surface area contributed by atoms with Crippen LogP contribution in [-0.2, 0) is 12.8 Å². The molecule has 0 radical (unpaired) electrons. The van der Waals surface area contributed by atoms with E-state index in [2.05, 4.69) is 20.5 Å². The summed E-state index contributed by atoms with van der Waals surface area (Å²) in [7, 11) is 0. The molecule has 5 heteroatoms. The van der Waals surface area contributed by atoms with Crippen molar-refractivity contribution in [1.82, 2.24) is 20.6 Å². The van der Waals surface area contributed by atoms with Gasteiger partial charge in [0.25, 0.3) is 0 Å². The first-order valence-corrected chi connectivity index (χ1v) is 6.45. The van der Waals surface area contributed by atoms with E-state index >= 15 is 0 Å². The van der Waals surface area contributed by atoms with E-state index in [0.29, 0.717) is 0 Å². The first-order chi connectivity index (χ1) is 8.43. The number of piperazine rings is 1. The van der Waals surface area contributed by atoms with Crippen LogP contribution < -0.4 is 15.5 Å². The number of aromatic nitrogens is 2. The molecule has 0 amide bonds. The first kappa shape index (κ1) is 10.9. The summed E-state index contributed by atoms with van der Waals surface area (Å²) < 4.78 is 0. The van der Waals surface area contributed by atoms with Crippen molar-refractivity contribution in [3.05, 3.63) is 17.5 Å². The number of nitrogens with zero attached hydrogens (tertiary/aromatic N) is 3. The normalized spacial score (nSPS) is 20.8. The predicted octanol–water partition coefficient (Wildman–Crippen LogP) is -0.426. The molecule has 92 valence electrons. The Bertz CT molecular complexity index is 386. The van der Waals surface area contributed by atoms with Crippen molar-refractivity contribution < 1.29 is 0 Å². The summed E-state index contributed by atoms with van der Waals surface area (Å²) >= 11 is 0.